The van der Waals surface area contributed by atoms with Gasteiger partial charge < -0.3 is 4.74 Å². The third kappa shape index (κ3) is 5.22. The fourth-order valence-electron chi connectivity index (χ4n) is 5.98. The van der Waals surface area contributed by atoms with Crippen LogP contribution in [-0.2, 0) is 34.0 Å². The summed E-state index contributed by atoms with van der Waals surface area (Å²) in [4.78, 5) is 12.1. The Morgan fingerprint density at radius 3 is 2.12 bits per heavy atom. The van der Waals surface area contributed by atoms with Gasteiger partial charge in [0.2, 0.25) is 0 Å². The van der Waals surface area contributed by atoms with E-state index in [4.69, 9.17) is 9.29 Å². The molecule has 33 heavy (non-hydrogen) atoms. The minimum Gasteiger partial charge on any atom is -0.456 e. The van der Waals surface area contributed by atoms with Gasteiger partial charge in [0.25, 0.3) is 10.1 Å². The molecule has 0 aliphatic heterocycles. The Hall–Kier alpha value is -1.25. The number of esters is 1. The lowest BCUT2D eigenvalue weighted by Crippen LogP contribution is -2.59. The van der Waals surface area contributed by atoms with Gasteiger partial charge in [-0.25, -0.2) is 4.79 Å². The molecule has 0 spiro atoms. The highest BCUT2D eigenvalue weighted by Gasteiger charge is 2.65. The predicted octanol–water partition coefficient (Wildman–Crippen LogP) is 3.30. The normalized spacial score (nSPS) is 32.1. The third-order valence-electron chi connectivity index (χ3n) is 6.70. The summed E-state index contributed by atoms with van der Waals surface area (Å²) in [5, 5.41) is -5.80. The van der Waals surface area contributed by atoms with Gasteiger partial charge >= 0.3 is 27.3 Å². The highest BCUT2D eigenvalue weighted by atomic mass is 32.2. The Balaban J connectivity index is 1.68. The molecule has 8 nitrogen and oxygen atoms in total. The van der Waals surface area contributed by atoms with E-state index in [-0.39, 0.29) is 23.8 Å². The van der Waals surface area contributed by atoms with E-state index in [1.807, 2.05) is 0 Å². The van der Waals surface area contributed by atoms with Gasteiger partial charge in [-0.15, -0.1) is 0 Å². The molecule has 190 valence electrons. The zero-order chi connectivity index (χ0) is 25.1. The number of carbonyl (C=O) groups is 1. The number of alkyl halides is 4. The van der Waals surface area contributed by atoms with E-state index in [9.17, 15) is 39.2 Å². The Labute approximate surface area is 189 Å². The molecule has 0 aromatic rings. The lowest BCUT2D eigenvalue weighted by molar-refractivity contribution is -0.194. The van der Waals surface area contributed by atoms with E-state index in [1.165, 1.54) is 6.92 Å². The van der Waals surface area contributed by atoms with Crippen LogP contribution in [0.4, 0.5) is 17.6 Å². The van der Waals surface area contributed by atoms with Crippen LogP contribution in [0.25, 0.3) is 0 Å². The van der Waals surface area contributed by atoms with E-state index in [0.717, 1.165) is 6.42 Å². The van der Waals surface area contributed by atoms with Crippen molar-refractivity contribution >= 4 is 26.2 Å². The largest absolute Gasteiger partial charge is 0.456 e. The highest BCUT2D eigenvalue weighted by molar-refractivity contribution is 7.87. The lowest BCUT2D eigenvalue weighted by Gasteiger charge is -2.61. The quantitative estimate of drug-likeness (QED) is 0.152. The van der Waals surface area contributed by atoms with Crippen LogP contribution in [0.3, 0.4) is 0 Å². The molecule has 4 aliphatic carbocycles. The summed E-state index contributed by atoms with van der Waals surface area (Å²) in [6.07, 6.45) is 1.34. The van der Waals surface area contributed by atoms with Gasteiger partial charge in [-0.2, -0.15) is 34.4 Å². The minimum atomic E-state index is -6.42. The first kappa shape index (κ1) is 26.4. The zero-order valence-corrected chi connectivity index (χ0v) is 19.5. The second kappa shape index (κ2) is 8.16. The Bertz CT molecular complexity index is 1020. The number of ether oxygens (including phenoxy) is 1. The summed E-state index contributed by atoms with van der Waals surface area (Å²) in [6, 6.07) is 0. The fraction of sp³-hybridized carbons (Fsp3) is 0.842. The van der Waals surface area contributed by atoms with Crippen molar-refractivity contribution in [3.05, 3.63) is 12.2 Å². The van der Waals surface area contributed by atoms with Crippen LogP contribution in [0, 0.1) is 17.3 Å². The van der Waals surface area contributed by atoms with Crippen molar-refractivity contribution in [1.82, 2.24) is 0 Å². The number of rotatable bonds is 10. The molecule has 1 N–H and O–H groups in total. The second-order valence-electron chi connectivity index (χ2n) is 9.78. The Morgan fingerprint density at radius 1 is 1.09 bits per heavy atom. The maximum absolute atomic E-state index is 13.6. The van der Waals surface area contributed by atoms with Gasteiger partial charge in [0.15, 0.2) is 0 Å². The molecule has 4 rings (SSSR count). The summed E-state index contributed by atoms with van der Waals surface area (Å²) in [6.45, 7) is 3.65. The molecule has 4 bridgehead atoms. The summed E-state index contributed by atoms with van der Waals surface area (Å²) >= 11 is 0. The van der Waals surface area contributed by atoms with Gasteiger partial charge in [-0.3, -0.25) is 8.74 Å². The Kier molecular flexibility index (Phi) is 6.52. The van der Waals surface area contributed by atoms with Crippen molar-refractivity contribution in [3.63, 3.8) is 0 Å². The van der Waals surface area contributed by atoms with Crippen molar-refractivity contribution in [2.24, 2.45) is 17.3 Å². The predicted molar refractivity (Wildman–Crippen MR) is 107 cm³/mol. The molecule has 4 aliphatic rings. The molecule has 4 saturated carbocycles. The molecule has 0 amide bonds. The topological polar surface area (TPSA) is 124 Å². The lowest BCUT2D eigenvalue weighted by atomic mass is 9.48. The van der Waals surface area contributed by atoms with Crippen LogP contribution in [0.1, 0.15) is 51.9 Å². The van der Waals surface area contributed by atoms with Crippen LogP contribution < -0.4 is 0 Å². The van der Waals surface area contributed by atoms with Crippen molar-refractivity contribution in [3.8, 4) is 0 Å². The van der Waals surface area contributed by atoms with E-state index in [0.29, 0.717) is 25.7 Å². The molecule has 14 heteroatoms. The average molecular weight is 523 g/mol. The van der Waals surface area contributed by atoms with Crippen LogP contribution in [0.5, 0.6) is 0 Å². The molecule has 0 aromatic carbocycles. The van der Waals surface area contributed by atoms with Gasteiger partial charge in [-0.1, -0.05) is 6.58 Å². The Morgan fingerprint density at radius 2 is 1.64 bits per heavy atom. The van der Waals surface area contributed by atoms with E-state index in [2.05, 4.69) is 10.8 Å². The summed E-state index contributed by atoms with van der Waals surface area (Å²) < 4.78 is 119. The van der Waals surface area contributed by atoms with Crippen molar-refractivity contribution < 1.29 is 52.7 Å². The molecule has 0 aromatic heterocycles. The first-order valence-corrected chi connectivity index (χ1v) is 13.3. The molecule has 0 heterocycles. The van der Waals surface area contributed by atoms with Crippen molar-refractivity contribution in [1.29, 1.82) is 0 Å². The van der Waals surface area contributed by atoms with E-state index in [1.54, 1.807) is 0 Å². The van der Waals surface area contributed by atoms with Crippen molar-refractivity contribution in [2.45, 2.75) is 68.6 Å². The van der Waals surface area contributed by atoms with E-state index >= 15 is 0 Å². The van der Waals surface area contributed by atoms with Gasteiger partial charge in [0, 0.05) is 12.0 Å². The molecule has 4 fully saturated rings. The van der Waals surface area contributed by atoms with E-state index < -0.39 is 67.2 Å². The van der Waals surface area contributed by atoms with Gasteiger partial charge in [0.05, 0.1) is 12.4 Å². The standard InChI is InChI=1S/C19H26F4O8S2/c1-12(2)15(24)31-17-8-13-5-14(9-17)7-16(6-13,10-17)11-32(25,26)30-4-3-18(20,21)19(22,23)33(27,28)29/h13-14H,1,3-11H2,2H3,(H,27,28,29). The third-order valence-corrected chi connectivity index (χ3v) is 9.14. The maximum atomic E-state index is 13.6. The molecular weight excluding hydrogens is 496 g/mol. The fourth-order valence-corrected chi connectivity index (χ4v) is 7.97. The van der Waals surface area contributed by atoms with Crippen LogP contribution in [0.2, 0.25) is 0 Å². The van der Waals surface area contributed by atoms with Crippen LogP contribution in [0.15, 0.2) is 12.2 Å². The minimum absolute atomic E-state index is 0.108. The second-order valence-corrected chi connectivity index (χ2v) is 12.9. The molecule has 2 unspecified atom stereocenters. The summed E-state index contributed by atoms with van der Waals surface area (Å²) in [5.74, 6) is -6.18. The molecule has 0 saturated heterocycles. The monoisotopic (exact) mass is 522 g/mol. The number of hydrogen-bond donors (Lipinski definition) is 1. The van der Waals surface area contributed by atoms with Crippen LogP contribution in [-0.4, -0.2) is 56.5 Å². The van der Waals surface area contributed by atoms with Crippen molar-refractivity contribution in [2.75, 3.05) is 12.4 Å². The first-order chi connectivity index (χ1) is 14.8. The number of carbonyl (C=O) groups excluding carboxylic acids is 1. The first-order valence-electron chi connectivity index (χ1n) is 10.3. The maximum Gasteiger partial charge on any atom is 0.431 e. The average Bonchev–Trinajstić information content (AvgIpc) is 2.57. The number of hydrogen-bond acceptors (Lipinski definition) is 7. The summed E-state index contributed by atoms with van der Waals surface area (Å²) in [5.41, 5.74) is -1.46. The zero-order valence-electron chi connectivity index (χ0n) is 17.9. The molecular formula is C19H26F4O8S2. The highest BCUT2D eigenvalue weighted by Crippen LogP contribution is 2.63. The summed E-state index contributed by atoms with van der Waals surface area (Å²) in [7, 11) is -10.9. The number of halogens is 4. The molecule has 0 radical (unpaired) electrons. The SMILES string of the molecule is C=C(C)C(=O)OC12CC3CC(CC(CS(=O)(=O)OCCC(F)(F)C(F)(F)S(=O)(=O)O)(C3)C1)C2. The molecule has 2 atom stereocenters. The van der Waals surface area contributed by atoms with Crippen LogP contribution >= 0.6 is 0 Å². The smallest absolute Gasteiger partial charge is 0.431 e. The van der Waals surface area contributed by atoms with Gasteiger partial charge in [-0.05, 0) is 62.7 Å². The van der Waals surface area contributed by atoms with Gasteiger partial charge in [0.1, 0.15) is 5.60 Å².